The van der Waals surface area contributed by atoms with Crippen molar-refractivity contribution in [3.8, 4) is 0 Å². The standard InChI is InChI=1S/C6H13N3O2/c1-4(7-2)5(10)9-6(11)8-3/h4,7H,1-3H3,(H2,8,9,10,11). The van der Waals surface area contributed by atoms with Crippen molar-refractivity contribution >= 4 is 11.9 Å². The van der Waals surface area contributed by atoms with Crippen molar-refractivity contribution in [2.75, 3.05) is 14.1 Å². The highest BCUT2D eigenvalue weighted by Gasteiger charge is 2.11. The number of carbonyl (C=O) groups is 2. The van der Waals surface area contributed by atoms with Crippen LogP contribution < -0.4 is 16.0 Å². The molecule has 0 heterocycles. The van der Waals surface area contributed by atoms with Gasteiger partial charge in [-0.3, -0.25) is 10.1 Å². The number of amides is 3. The second-order valence-electron chi connectivity index (χ2n) is 2.08. The van der Waals surface area contributed by atoms with Crippen LogP contribution in [-0.2, 0) is 4.79 Å². The predicted octanol–water partition coefficient (Wildman–Crippen LogP) is -0.950. The number of hydrogen-bond donors (Lipinski definition) is 3. The van der Waals surface area contributed by atoms with Crippen LogP contribution in [0, 0.1) is 0 Å². The Kier molecular flexibility index (Phi) is 4.21. The largest absolute Gasteiger partial charge is 0.341 e. The summed E-state index contributed by atoms with van der Waals surface area (Å²) in [6, 6.07) is -0.843. The molecule has 0 aromatic heterocycles. The molecule has 0 saturated heterocycles. The van der Waals surface area contributed by atoms with Gasteiger partial charge in [-0.05, 0) is 14.0 Å². The zero-order valence-corrected chi connectivity index (χ0v) is 6.89. The summed E-state index contributed by atoms with van der Waals surface area (Å²) in [4.78, 5) is 21.5. The molecule has 0 bridgehead atoms. The van der Waals surface area contributed by atoms with Gasteiger partial charge in [0.1, 0.15) is 0 Å². The molecule has 0 radical (unpaired) electrons. The lowest BCUT2D eigenvalue weighted by Gasteiger charge is -2.08. The van der Waals surface area contributed by atoms with E-state index in [0.29, 0.717) is 0 Å². The van der Waals surface area contributed by atoms with Gasteiger partial charge in [0.25, 0.3) is 0 Å². The monoisotopic (exact) mass is 159 g/mol. The quantitative estimate of drug-likeness (QED) is 0.486. The lowest BCUT2D eigenvalue weighted by Crippen LogP contribution is -2.46. The van der Waals surface area contributed by atoms with E-state index in [0.717, 1.165) is 0 Å². The Morgan fingerprint density at radius 2 is 1.82 bits per heavy atom. The van der Waals surface area contributed by atoms with Gasteiger partial charge in [-0.1, -0.05) is 0 Å². The number of nitrogens with one attached hydrogen (secondary N) is 3. The van der Waals surface area contributed by atoms with Crippen molar-refractivity contribution in [1.29, 1.82) is 0 Å². The molecular weight excluding hydrogens is 146 g/mol. The summed E-state index contributed by atoms with van der Waals surface area (Å²) in [6.45, 7) is 1.66. The third-order valence-corrected chi connectivity index (χ3v) is 1.29. The minimum Gasteiger partial charge on any atom is -0.341 e. The van der Waals surface area contributed by atoms with Gasteiger partial charge in [0.05, 0.1) is 6.04 Å². The second kappa shape index (κ2) is 4.68. The lowest BCUT2D eigenvalue weighted by atomic mass is 10.3. The van der Waals surface area contributed by atoms with E-state index in [4.69, 9.17) is 0 Å². The summed E-state index contributed by atoms with van der Waals surface area (Å²) < 4.78 is 0. The van der Waals surface area contributed by atoms with Gasteiger partial charge in [0, 0.05) is 7.05 Å². The van der Waals surface area contributed by atoms with Gasteiger partial charge < -0.3 is 10.6 Å². The van der Waals surface area contributed by atoms with Gasteiger partial charge in [0.2, 0.25) is 5.91 Å². The van der Waals surface area contributed by atoms with Crippen LogP contribution in [0.15, 0.2) is 0 Å². The maximum absolute atomic E-state index is 10.9. The highest BCUT2D eigenvalue weighted by atomic mass is 16.2. The van der Waals surface area contributed by atoms with Gasteiger partial charge in [0.15, 0.2) is 0 Å². The molecule has 5 heteroatoms. The molecular formula is C6H13N3O2. The van der Waals surface area contributed by atoms with E-state index < -0.39 is 6.03 Å². The summed E-state index contributed by atoms with van der Waals surface area (Å²) in [6.07, 6.45) is 0. The van der Waals surface area contributed by atoms with Gasteiger partial charge >= 0.3 is 6.03 Å². The van der Waals surface area contributed by atoms with Gasteiger partial charge in [-0.2, -0.15) is 0 Å². The van der Waals surface area contributed by atoms with Crippen LogP contribution in [0.4, 0.5) is 4.79 Å². The minimum absolute atomic E-state index is 0.341. The predicted molar refractivity (Wildman–Crippen MR) is 41.1 cm³/mol. The Morgan fingerprint density at radius 1 is 1.27 bits per heavy atom. The van der Waals surface area contributed by atoms with Crippen LogP contribution in [0.2, 0.25) is 0 Å². The molecule has 5 nitrogen and oxygen atoms in total. The van der Waals surface area contributed by atoms with E-state index in [1.807, 2.05) is 0 Å². The van der Waals surface area contributed by atoms with Crippen molar-refractivity contribution in [2.24, 2.45) is 0 Å². The number of carbonyl (C=O) groups excluding carboxylic acids is 2. The van der Waals surface area contributed by atoms with Crippen molar-refractivity contribution < 1.29 is 9.59 Å². The number of imide groups is 1. The topological polar surface area (TPSA) is 70.2 Å². The van der Waals surface area contributed by atoms with E-state index >= 15 is 0 Å². The normalized spacial score (nSPS) is 11.9. The number of likely N-dealkylation sites (N-methyl/N-ethyl adjacent to an activating group) is 1. The molecule has 0 saturated carbocycles. The van der Waals surface area contributed by atoms with Gasteiger partial charge in [-0.15, -0.1) is 0 Å². The number of urea groups is 1. The third-order valence-electron chi connectivity index (χ3n) is 1.29. The van der Waals surface area contributed by atoms with Crippen molar-refractivity contribution in [3.63, 3.8) is 0 Å². The third kappa shape index (κ3) is 3.57. The SMILES string of the molecule is CNC(=O)NC(=O)C(C)NC. The number of rotatable bonds is 2. The molecule has 0 spiro atoms. The van der Waals surface area contributed by atoms with E-state index in [-0.39, 0.29) is 11.9 Å². The minimum atomic E-state index is -0.489. The summed E-state index contributed by atoms with van der Waals surface area (Å²) in [5.41, 5.74) is 0. The lowest BCUT2D eigenvalue weighted by molar-refractivity contribution is -0.121. The molecule has 11 heavy (non-hydrogen) atoms. The summed E-state index contributed by atoms with van der Waals surface area (Å²) in [7, 11) is 3.10. The first-order valence-corrected chi connectivity index (χ1v) is 3.31. The highest BCUT2D eigenvalue weighted by Crippen LogP contribution is 1.78. The molecule has 3 N–H and O–H groups in total. The average molecular weight is 159 g/mol. The molecule has 0 aromatic rings. The molecule has 0 aromatic carbocycles. The molecule has 3 amide bonds. The fourth-order valence-corrected chi connectivity index (χ4v) is 0.414. The van der Waals surface area contributed by atoms with E-state index in [2.05, 4.69) is 16.0 Å². The molecule has 0 fully saturated rings. The van der Waals surface area contributed by atoms with Crippen LogP contribution in [0.1, 0.15) is 6.92 Å². The summed E-state index contributed by atoms with van der Waals surface area (Å²) >= 11 is 0. The Balaban J connectivity index is 3.77. The maximum atomic E-state index is 10.9. The first-order chi connectivity index (χ1) is 5.11. The van der Waals surface area contributed by atoms with Crippen LogP contribution >= 0.6 is 0 Å². The first-order valence-electron chi connectivity index (χ1n) is 3.31. The van der Waals surface area contributed by atoms with Crippen molar-refractivity contribution in [3.05, 3.63) is 0 Å². The highest BCUT2D eigenvalue weighted by molar-refractivity contribution is 5.96. The Bertz CT molecular complexity index is 158. The Labute approximate surface area is 65.5 Å². The average Bonchev–Trinajstić information content (AvgIpc) is 2.02. The maximum Gasteiger partial charge on any atom is 0.321 e. The fraction of sp³-hybridized carbons (Fsp3) is 0.667. The molecule has 64 valence electrons. The fourth-order valence-electron chi connectivity index (χ4n) is 0.414. The molecule has 0 rings (SSSR count). The Hall–Kier alpha value is -1.10. The molecule has 0 aliphatic heterocycles. The van der Waals surface area contributed by atoms with Crippen molar-refractivity contribution in [2.45, 2.75) is 13.0 Å². The summed E-state index contributed by atoms with van der Waals surface area (Å²) in [5, 5.41) is 7.11. The molecule has 0 aliphatic rings. The second-order valence-corrected chi connectivity index (χ2v) is 2.08. The van der Waals surface area contributed by atoms with Crippen LogP contribution in [-0.4, -0.2) is 32.1 Å². The number of hydrogen-bond acceptors (Lipinski definition) is 3. The smallest absolute Gasteiger partial charge is 0.321 e. The van der Waals surface area contributed by atoms with E-state index in [9.17, 15) is 9.59 Å². The van der Waals surface area contributed by atoms with Gasteiger partial charge in [-0.25, -0.2) is 4.79 Å². The first kappa shape index (κ1) is 9.90. The van der Waals surface area contributed by atoms with E-state index in [1.54, 1.807) is 14.0 Å². The zero-order valence-electron chi connectivity index (χ0n) is 6.89. The van der Waals surface area contributed by atoms with E-state index in [1.165, 1.54) is 7.05 Å². The molecule has 1 unspecified atom stereocenters. The summed E-state index contributed by atoms with van der Waals surface area (Å²) in [5.74, 6) is -0.341. The molecule has 1 atom stereocenters. The Morgan fingerprint density at radius 3 is 2.18 bits per heavy atom. The zero-order chi connectivity index (χ0) is 8.85. The van der Waals surface area contributed by atoms with Crippen molar-refractivity contribution in [1.82, 2.24) is 16.0 Å². The van der Waals surface area contributed by atoms with Crippen LogP contribution in [0.5, 0.6) is 0 Å². The van der Waals surface area contributed by atoms with Crippen LogP contribution in [0.3, 0.4) is 0 Å². The molecule has 0 aliphatic carbocycles. The van der Waals surface area contributed by atoms with Crippen LogP contribution in [0.25, 0.3) is 0 Å².